The first-order chi connectivity index (χ1) is 10.1. The maximum Gasteiger partial charge on any atom is 0.309 e. The van der Waals surface area contributed by atoms with Crippen molar-refractivity contribution in [2.75, 3.05) is 0 Å². The standard InChI is InChI=1S/C13H9FN4O2S/c14-9-3-1-8(2-4-9)11-7-21-13(16-11)18-10(5-12(19)20)6-15-17-18/h1-4,6-7H,5H2,(H,19,20). The normalized spacial score (nSPS) is 10.7. The minimum Gasteiger partial charge on any atom is -0.481 e. The number of thiazole rings is 1. The van der Waals surface area contributed by atoms with Crippen molar-refractivity contribution in [3.63, 3.8) is 0 Å². The zero-order chi connectivity index (χ0) is 14.8. The maximum absolute atomic E-state index is 12.9. The van der Waals surface area contributed by atoms with Crippen LogP contribution in [-0.2, 0) is 11.2 Å². The number of nitrogens with zero attached hydrogens (tertiary/aromatic N) is 4. The summed E-state index contributed by atoms with van der Waals surface area (Å²) in [4.78, 5) is 15.2. The number of aliphatic carboxylic acids is 1. The van der Waals surface area contributed by atoms with Crippen LogP contribution in [0, 0.1) is 5.82 Å². The third-order valence-electron chi connectivity index (χ3n) is 2.77. The highest BCUT2D eigenvalue weighted by Crippen LogP contribution is 2.24. The third-order valence-corrected chi connectivity index (χ3v) is 3.58. The molecule has 3 aromatic rings. The molecule has 2 aromatic heterocycles. The molecule has 0 aliphatic rings. The minimum absolute atomic E-state index is 0.182. The summed E-state index contributed by atoms with van der Waals surface area (Å²) in [6.07, 6.45) is 1.21. The number of rotatable bonds is 4. The van der Waals surface area contributed by atoms with Crippen molar-refractivity contribution < 1.29 is 14.3 Å². The number of hydrogen-bond acceptors (Lipinski definition) is 5. The van der Waals surface area contributed by atoms with Gasteiger partial charge in [-0.2, -0.15) is 4.68 Å². The van der Waals surface area contributed by atoms with Crippen LogP contribution in [0.1, 0.15) is 5.69 Å². The summed E-state index contributed by atoms with van der Waals surface area (Å²) in [5.41, 5.74) is 1.90. The number of carbonyl (C=O) groups is 1. The second-order valence-corrected chi connectivity index (χ2v) is 5.07. The Morgan fingerprint density at radius 2 is 2.10 bits per heavy atom. The number of halogens is 1. The second kappa shape index (κ2) is 5.41. The molecule has 2 heterocycles. The molecule has 0 amide bonds. The molecule has 21 heavy (non-hydrogen) atoms. The fourth-order valence-electron chi connectivity index (χ4n) is 1.81. The molecule has 3 rings (SSSR count). The maximum atomic E-state index is 12.9. The summed E-state index contributed by atoms with van der Waals surface area (Å²) in [6, 6.07) is 5.99. The highest BCUT2D eigenvalue weighted by Gasteiger charge is 2.13. The molecule has 0 fully saturated rings. The number of aromatic nitrogens is 4. The topological polar surface area (TPSA) is 80.9 Å². The van der Waals surface area contributed by atoms with Gasteiger partial charge in [-0.15, -0.1) is 16.4 Å². The molecule has 0 aliphatic carbocycles. The Bertz CT molecular complexity index is 782. The first-order valence-corrected chi connectivity index (χ1v) is 6.84. The van der Waals surface area contributed by atoms with Gasteiger partial charge in [-0.1, -0.05) is 5.21 Å². The van der Waals surface area contributed by atoms with Crippen LogP contribution in [0.5, 0.6) is 0 Å². The van der Waals surface area contributed by atoms with E-state index in [-0.39, 0.29) is 12.2 Å². The van der Waals surface area contributed by atoms with E-state index in [0.717, 1.165) is 5.56 Å². The van der Waals surface area contributed by atoms with Gasteiger partial charge in [0.25, 0.3) is 0 Å². The van der Waals surface area contributed by atoms with E-state index in [4.69, 9.17) is 5.11 Å². The molecule has 0 radical (unpaired) electrons. The number of hydrogen-bond donors (Lipinski definition) is 1. The molecule has 0 unspecified atom stereocenters. The summed E-state index contributed by atoms with van der Waals surface area (Å²) in [7, 11) is 0. The smallest absolute Gasteiger partial charge is 0.309 e. The molecular weight excluding hydrogens is 295 g/mol. The fraction of sp³-hybridized carbons (Fsp3) is 0.0769. The molecule has 0 saturated carbocycles. The van der Waals surface area contributed by atoms with Crippen LogP contribution in [0.3, 0.4) is 0 Å². The van der Waals surface area contributed by atoms with Crippen molar-refractivity contribution in [2.24, 2.45) is 0 Å². The van der Waals surface area contributed by atoms with Crippen molar-refractivity contribution in [1.29, 1.82) is 0 Å². The molecule has 1 N–H and O–H groups in total. The largest absolute Gasteiger partial charge is 0.481 e. The quantitative estimate of drug-likeness (QED) is 0.799. The van der Waals surface area contributed by atoms with E-state index in [1.807, 2.05) is 0 Å². The monoisotopic (exact) mass is 304 g/mol. The zero-order valence-corrected chi connectivity index (χ0v) is 11.4. The van der Waals surface area contributed by atoms with Crippen molar-refractivity contribution >= 4 is 17.3 Å². The summed E-state index contributed by atoms with van der Waals surface area (Å²) in [5, 5.41) is 18.7. The van der Waals surface area contributed by atoms with E-state index >= 15 is 0 Å². The molecule has 106 valence electrons. The van der Waals surface area contributed by atoms with Gasteiger partial charge in [0, 0.05) is 10.9 Å². The highest BCUT2D eigenvalue weighted by molar-refractivity contribution is 7.12. The van der Waals surface area contributed by atoms with Crippen LogP contribution in [0.15, 0.2) is 35.8 Å². The van der Waals surface area contributed by atoms with Crippen molar-refractivity contribution in [3.8, 4) is 16.4 Å². The number of carboxylic acids is 1. The third kappa shape index (κ3) is 2.79. The summed E-state index contributed by atoms with van der Waals surface area (Å²) >= 11 is 1.31. The van der Waals surface area contributed by atoms with Crippen molar-refractivity contribution in [3.05, 3.63) is 47.4 Å². The van der Waals surface area contributed by atoms with E-state index < -0.39 is 5.97 Å². The SMILES string of the molecule is O=C(O)Cc1cnnn1-c1nc(-c2ccc(F)cc2)cs1. The van der Waals surface area contributed by atoms with Crippen molar-refractivity contribution in [1.82, 2.24) is 20.0 Å². The van der Waals surface area contributed by atoms with Crippen LogP contribution in [0.2, 0.25) is 0 Å². The van der Waals surface area contributed by atoms with Gasteiger partial charge in [-0.05, 0) is 24.3 Å². The Balaban J connectivity index is 1.93. The molecule has 0 aliphatic heterocycles. The lowest BCUT2D eigenvalue weighted by Crippen LogP contribution is -2.07. The lowest BCUT2D eigenvalue weighted by Gasteiger charge is -1.99. The van der Waals surface area contributed by atoms with E-state index in [1.165, 1.54) is 34.3 Å². The first-order valence-electron chi connectivity index (χ1n) is 5.96. The Hall–Kier alpha value is -2.61. The van der Waals surface area contributed by atoms with Gasteiger partial charge in [0.1, 0.15) is 5.82 Å². The van der Waals surface area contributed by atoms with Gasteiger partial charge in [0.15, 0.2) is 0 Å². The van der Waals surface area contributed by atoms with Crippen molar-refractivity contribution in [2.45, 2.75) is 6.42 Å². The molecule has 0 bridgehead atoms. The van der Waals surface area contributed by atoms with Gasteiger partial charge in [0.05, 0.1) is 24.0 Å². The molecule has 8 heteroatoms. The average Bonchev–Trinajstić information content (AvgIpc) is 3.07. The van der Waals surface area contributed by atoms with E-state index in [9.17, 15) is 9.18 Å². The predicted molar refractivity (Wildman–Crippen MR) is 73.8 cm³/mol. The Kier molecular flexibility index (Phi) is 3.44. The summed E-state index contributed by atoms with van der Waals surface area (Å²) in [5.74, 6) is -1.27. The van der Waals surface area contributed by atoms with Crippen LogP contribution in [0.25, 0.3) is 16.4 Å². The summed E-state index contributed by atoms with van der Waals surface area (Å²) < 4.78 is 14.3. The minimum atomic E-state index is -0.964. The Morgan fingerprint density at radius 1 is 1.33 bits per heavy atom. The highest BCUT2D eigenvalue weighted by atomic mass is 32.1. The fourth-order valence-corrected chi connectivity index (χ4v) is 2.62. The molecule has 0 saturated heterocycles. The molecule has 6 nitrogen and oxygen atoms in total. The first kappa shape index (κ1) is 13.4. The van der Waals surface area contributed by atoms with E-state index in [0.29, 0.717) is 16.5 Å². The van der Waals surface area contributed by atoms with Crippen LogP contribution >= 0.6 is 11.3 Å². The lowest BCUT2D eigenvalue weighted by molar-refractivity contribution is -0.136. The van der Waals surface area contributed by atoms with E-state index in [1.54, 1.807) is 17.5 Å². The predicted octanol–water partition coefficient (Wildman–Crippen LogP) is 2.16. The van der Waals surface area contributed by atoms with Crippen LogP contribution in [-0.4, -0.2) is 31.1 Å². The second-order valence-electron chi connectivity index (χ2n) is 4.23. The van der Waals surface area contributed by atoms with Crippen LogP contribution < -0.4 is 0 Å². The molecule has 1 aromatic carbocycles. The average molecular weight is 304 g/mol. The van der Waals surface area contributed by atoms with Gasteiger partial charge in [-0.3, -0.25) is 4.79 Å². The van der Waals surface area contributed by atoms with Gasteiger partial charge >= 0.3 is 5.97 Å². The van der Waals surface area contributed by atoms with Crippen LogP contribution in [0.4, 0.5) is 4.39 Å². The van der Waals surface area contributed by atoms with Gasteiger partial charge < -0.3 is 5.11 Å². The number of carboxylic acid groups (broad SMARTS) is 1. The molecular formula is C13H9FN4O2S. The Morgan fingerprint density at radius 3 is 2.81 bits per heavy atom. The zero-order valence-electron chi connectivity index (χ0n) is 10.6. The molecule has 0 atom stereocenters. The lowest BCUT2D eigenvalue weighted by atomic mass is 10.2. The van der Waals surface area contributed by atoms with Gasteiger partial charge in [-0.25, -0.2) is 9.37 Å². The number of benzene rings is 1. The van der Waals surface area contributed by atoms with Gasteiger partial charge in [0.2, 0.25) is 5.13 Å². The Labute approximate surface area is 122 Å². The molecule has 0 spiro atoms. The van der Waals surface area contributed by atoms with E-state index in [2.05, 4.69) is 15.3 Å². The summed E-state index contributed by atoms with van der Waals surface area (Å²) in [6.45, 7) is 0.